The molecule has 3 aromatic rings. The molecule has 9 heteroatoms. The summed E-state index contributed by atoms with van der Waals surface area (Å²) in [5.41, 5.74) is 3.65. The van der Waals surface area contributed by atoms with Crippen LogP contribution in [0.4, 0.5) is 23.3 Å². The van der Waals surface area contributed by atoms with Crippen molar-refractivity contribution in [3.05, 3.63) is 64.9 Å². The molecule has 0 unspecified atom stereocenters. The van der Waals surface area contributed by atoms with Gasteiger partial charge in [-0.15, -0.1) is 0 Å². The van der Waals surface area contributed by atoms with Gasteiger partial charge in [-0.05, 0) is 36.2 Å². The molecule has 0 atom stereocenters. The molecule has 2 heterocycles. The third-order valence-electron chi connectivity index (χ3n) is 5.46. The molecular formula is C23H26ClN7O. The number of nitrogens with one attached hydrogen (secondary N) is 2. The lowest BCUT2D eigenvalue weighted by Gasteiger charge is -2.34. The Morgan fingerprint density at radius 3 is 2.53 bits per heavy atom. The molecule has 0 spiro atoms. The molecule has 32 heavy (non-hydrogen) atoms. The van der Waals surface area contributed by atoms with E-state index in [1.165, 1.54) is 13.3 Å². The van der Waals surface area contributed by atoms with Crippen molar-refractivity contribution in [1.29, 1.82) is 0 Å². The van der Waals surface area contributed by atoms with E-state index in [0.717, 1.165) is 60.2 Å². The number of anilines is 4. The summed E-state index contributed by atoms with van der Waals surface area (Å²) in [7, 11) is 0. The Balaban J connectivity index is 1.40. The topological polar surface area (TPSA) is 86.3 Å². The Bertz CT molecular complexity index is 1100. The fourth-order valence-electron chi connectivity index (χ4n) is 3.69. The van der Waals surface area contributed by atoms with Gasteiger partial charge in [-0.3, -0.25) is 9.69 Å². The van der Waals surface area contributed by atoms with Crippen LogP contribution >= 0.6 is 11.6 Å². The van der Waals surface area contributed by atoms with Crippen molar-refractivity contribution < 1.29 is 4.79 Å². The van der Waals surface area contributed by atoms with Gasteiger partial charge in [-0.2, -0.15) is 4.98 Å². The second-order valence-corrected chi connectivity index (χ2v) is 8.16. The number of rotatable bonds is 6. The highest BCUT2D eigenvalue weighted by Gasteiger charge is 2.20. The fourth-order valence-corrected chi connectivity index (χ4v) is 3.89. The summed E-state index contributed by atoms with van der Waals surface area (Å²) in [6.07, 6.45) is 1.52. The van der Waals surface area contributed by atoms with Crippen LogP contribution in [0.25, 0.3) is 0 Å². The maximum absolute atomic E-state index is 11.4. The van der Waals surface area contributed by atoms with Crippen molar-refractivity contribution in [2.75, 3.05) is 41.7 Å². The fraction of sp³-hybridized carbons (Fsp3) is 0.304. The van der Waals surface area contributed by atoms with Gasteiger partial charge < -0.3 is 15.5 Å². The summed E-state index contributed by atoms with van der Waals surface area (Å²) in [6.45, 7) is 7.71. The largest absolute Gasteiger partial charge is 0.338 e. The first-order chi connectivity index (χ1) is 15.5. The van der Waals surface area contributed by atoms with Gasteiger partial charge in [-0.1, -0.05) is 35.9 Å². The molecule has 1 fully saturated rings. The number of nitrogens with zero attached hydrogens (tertiary/aromatic N) is 5. The second kappa shape index (κ2) is 9.93. The summed E-state index contributed by atoms with van der Waals surface area (Å²) in [4.78, 5) is 29.2. The molecule has 0 radical (unpaired) electrons. The van der Waals surface area contributed by atoms with Crippen LogP contribution in [0, 0.1) is 6.92 Å². The standard InChI is InChI=1S/C23H26ClN7O/c1-16-20(27-17(2)32)8-5-9-21(16)28-22-25-15-26-23(29-22)31-12-10-30(11-13-31)14-18-6-3-4-7-19(18)24/h3-9,15H,10-14H2,1-2H3,(H,27,32)(H,25,26,28,29). The third-order valence-corrected chi connectivity index (χ3v) is 5.83. The average Bonchev–Trinajstić information content (AvgIpc) is 2.78. The van der Waals surface area contributed by atoms with Crippen molar-refractivity contribution in [2.24, 2.45) is 0 Å². The molecule has 1 aliphatic heterocycles. The molecule has 4 rings (SSSR count). The van der Waals surface area contributed by atoms with Crippen LogP contribution < -0.4 is 15.5 Å². The van der Waals surface area contributed by atoms with E-state index in [0.29, 0.717) is 11.9 Å². The van der Waals surface area contributed by atoms with E-state index in [-0.39, 0.29) is 5.91 Å². The SMILES string of the molecule is CC(=O)Nc1cccc(Nc2ncnc(N3CCN(Cc4ccccc4Cl)CC3)n2)c1C. The van der Waals surface area contributed by atoms with Crippen molar-refractivity contribution in [3.63, 3.8) is 0 Å². The van der Waals surface area contributed by atoms with Crippen LogP contribution in [-0.4, -0.2) is 51.9 Å². The molecule has 8 nitrogen and oxygen atoms in total. The molecule has 0 saturated carbocycles. The summed E-state index contributed by atoms with van der Waals surface area (Å²) in [5, 5.41) is 6.89. The molecular weight excluding hydrogens is 426 g/mol. The van der Waals surface area contributed by atoms with Gasteiger partial charge in [0.25, 0.3) is 0 Å². The van der Waals surface area contributed by atoms with Crippen molar-refractivity contribution in [1.82, 2.24) is 19.9 Å². The molecule has 1 aromatic heterocycles. The van der Waals surface area contributed by atoms with E-state index >= 15 is 0 Å². The van der Waals surface area contributed by atoms with Crippen LogP contribution in [0.15, 0.2) is 48.8 Å². The average molecular weight is 452 g/mol. The predicted octanol–water partition coefficient (Wildman–Crippen LogP) is 3.86. The van der Waals surface area contributed by atoms with Crippen LogP contribution in [0.2, 0.25) is 5.02 Å². The van der Waals surface area contributed by atoms with Crippen LogP contribution in [0.1, 0.15) is 18.1 Å². The van der Waals surface area contributed by atoms with Crippen molar-refractivity contribution in [3.8, 4) is 0 Å². The monoisotopic (exact) mass is 451 g/mol. The minimum Gasteiger partial charge on any atom is -0.338 e. The first-order valence-corrected chi connectivity index (χ1v) is 10.9. The Labute approximate surface area is 192 Å². The number of amides is 1. The zero-order valence-corrected chi connectivity index (χ0v) is 18.9. The van der Waals surface area contributed by atoms with Crippen LogP contribution in [-0.2, 0) is 11.3 Å². The Morgan fingerprint density at radius 1 is 1.03 bits per heavy atom. The second-order valence-electron chi connectivity index (χ2n) is 7.75. The zero-order valence-electron chi connectivity index (χ0n) is 18.2. The van der Waals surface area contributed by atoms with E-state index in [4.69, 9.17) is 11.6 Å². The normalized spacial score (nSPS) is 14.3. The lowest BCUT2D eigenvalue weighted by molar-refractivity contribution is -0.114. The van der Waals surface area contributed by atoms with E-state index in [1.54, 1.807) is 0 Å². The Hall–Kier alpha value is -3.23. The molecule has 0 bridgehead atoms. The molecule has 1 amide bonds. The van der Waals surface area contributed by atoms with Gasteiger partial charge in [0.1, 0.15) is 6.33 Å². The number of benzene rings is 2. The highest BCUT2D eigenvalue weighted by atomic mass is 35.5. The van der Waals surface area contributed by atoms with Gasteiger partial charge in [0.2, 0.25) is 17.8 Å². The quantitative estimate of drug-likeness (QED) is 0.588. The van der Waals surface area contributed by atoms with Gasteiger partial charge in [0, 0.05) is 56.0 Å². The third kappa shape index (κ3) is 5.33. The maximum Gasteiger partial charge on any atom is 0.232 e. The first-order valence-electron chi connectivity index (χ1n) is 10.5. The summed E-state index contributed by atoms with van der Waals surface area (Å²) in [6, 6.07) is 13.6. The van der Waals surface area contributed by atoms with Gasteiger partial charge >= 0.3 is 0 Å². The summed E-state index contributed by atoms with van der Waals surface area (Å²) >= 11 is 6.31. The number of hydrogen-bond donors (Lipinski definition) is 2. The zero-order chi connectivity index (χ0) is 22.5. The maximum atomic E-state index is 11.4. The smallest absolute Gasteiger partial charge is 0.232 e. The van der Waals surface area contributed by atoms with E-state index in [2.05, 4.69) is 41.5 Å². The van der Waals surface area contributed by atoms with E-state index in [1.807, 2.05) is 43.3 Å². The minimum atomic E-state index is -0.110. The van der Waals surface area contributed by atoms with Crippen LogP contribution in [0.3, 0.4) is 0 Å². The highest BCUT2D eigenvalue weighted by Crippen LogP contribution is 2.26. The van der Waals surface area contributed by atoms with Crippen molar-refractivity contribution in [2.45, 2.75) is 20.4 Å². The van der Waals surface area contributed by atoms with E-state index in [9.17, 15) is 4.79 Å². The summed E-state index contributed by atoms with van der Waals surface area (Å²) in [5.74, 6) is 1.01. The van der Waals surface area contributed by atoms with Gasteiger partial charge in [0.15, 0.2) is 0 Å². The number of piperazine rings is 1. The number of halogens is 1. The molecule has 166 valence electrons. The van der Waals surface area contributed by atoms with Gasteiger partial charge in [0.05, 0.1) is 0 Å². The number of aromatic nitrogens is 3. The Morgan fingerprint density at radius 2 is 1.78 bits per heavy atom. The molecule has 1 saturated heterocycles. The number of carbonyl (C=O) groups excluding carboxylic acids is 1. The van der Waals surface area contributed by atoms with E-state index < -0.39 is 0 Å². The first kappa shape index (κ1) is 22.0. The van der Waals surface area contributed by atoms with Crippen molar-refractivity contribution >= 4 is 40.8 Å². The minimum absolute atomic E-state index is 0.110. The highest BCUT2D eigenvalue weighted by molar-refractivity contribution is 6.31. The predicted molar refractivity (Wildman–Crippen MR) is 128 cm³/mol. The Kier molecular flexibility index (Phi) is 6.82. The molecule has 1 aliphatic rings. The summed E-state index contributed by atoms with van der Waals surface area (Å²) < 4.78 is 0. The van der Waals surface area contributed by atoms with Gasteiger partial charge in [-0.25, -0.2) is 9.97 Å². The molecule has 0 aliphatic carbocycles. The number of hydrogen-bond acceptors (Lipinski definition) is 7. The molecule has 2 aromatic carbocycles. The number of carbonyl (C=O) groups is 1. The molecule has 2 N–H and O–H groups in total. The lowest BCUT2D eigenvalue weighted by atomic mass is 10.1. The lowest BCUT2D eigenvalue weighted by Crippen LogP contribution is -2.46. The van der Waals surface area contributed by atoms with Crippen LogP contribution in [0.5, 0.6) is 0 Å².